The van der Waals surface area contributed by atoms with Gasteiger partial charge in [0, 0.05) is 22.7 Å². The van der Waals surface area contributed by atoms with E-state index in [1.807, 2.05) is 28.8 Å². The van der Waals surface area contributed by atoms with Crippen molar-refractivity contribution in [3.05, 3.63) is 145 Å². The van der Waals surface area contributed by atoms with Crippen molar-refractivity contribution in [2.45, 2.75) is 0 Å². The minimum atomic E-state index is -1.12. The first-order valence-corrected chi connectivity index (χ1v) is 16.3. The number of H-pyrrole nitrogens is 1. The van der Waals surface area contributed by atoms with E-state index in [4.69, 9.17) is 23.1 Å². The van der Waals surface area contributed by atoms with Crippen molar-refractivity contribution in [2.75, 3.05) is 22.1 Å². The normalized spacial score (nSPS) is 10.3. The summed E-state index contributed by atoms with van der Waals surface area (Å²) in [5, 5.41) is 30.1. The van der Waals surface area contributed by atoms with Crippen molar-refractivity contribution in [3.63, 3.8) is 0 Å². The standard InChI is InChI=1S/C17H12F2N8O.C10H10N8.C7H3ClF2O.FH/c18-12-2-1-3-13(19)14(12)15(28)27-16(20)24-17(25-27)23-10-4-6-11(7-5-10)26-8-21-22-9-26;11-9-15-10(17-16-9)14-7-1-3-8(4-2-7)18-5-12-13-6-18;8-7(11)6-4(9)2-1-3-5(6)10;/h1-9H,(H3,20,23,24,25);1-6H,(H4,11,14,15,16,17);1-3H;1H. The first kappa shape index (κ1) is 41.1. The summed E-state index contributed by atoms with van der Waals surface area (Å²) in [7, 11) is 0. The van der Waals surface area contributed by atoms with E-state index in [1.54, 1.807) is 54.1 Å². The van der Waals surface area contributed by atoms with E-state index in [-0.39, 0.29) is 22.5 Å². The van der Waals surface area contributed by atoms with Gasteiger partial charge in [-0.3, -0.25) is 23.4 Å². The van der Waals surface area contributed by atoms with Gasteiger partial charge in [0.1, 0.15) is 59.7 Å². The Kier molecular flexibility index (Phi) is 13.1. The van der Waals surface area contributed by atoms with Crippen LogP contribution < -0.4 is 22.1 Å². The first-order valence-electron chi connectivity index (χ1n) is 15.9. The van der Waals surface area contributed by atoms with Crippen LogP contribution in [0.4, 0.5) is 57.4 Å². The molecule has 4 aromatic heterocycles. The molecule has 24 heteroatoms. The second kappa shape index (κ2) is 18.5. The second-order valence-corrected chi connectivity index (χ2v) is 11.4. The summed E-state index contributed by atoms with van der Waals surface area (Å²) < 4.78 is 57.0. The van der Waals surface area contributed by atoms with Gasteiger partial charge in [-0.25, -0.2) is 22.7 Å². The Morgan fingerprint density at radius 3 is 1.45 bits per heavy atom. The van der Waals surface area contributed by atoms with Crippen LogP contribution in [-0.4, -0.2) is 70.6 Å². The van der Waals surface area contributed by atoms with E-state index in [9.17, 15) is 27.2 Å². The summed E-state index contributed by atoms with van der Waals surface area (Å²) in [5.74, 6) is -4.57. The number of carbonyl (C=O) groups is 2. The summed E-state index contributed by atoms with van der Waals surface area (Å²) in [6.07, 6.45) is 6.39. The van der Waals surface area contributed by atoms with Gasteiger partial charge < -0.3 is 22.1 Å². The molecule has 8 aromatic rings. The van der Waals surface area contributed by atoms with Crippen molar-refractivity contribution < 1.29 is 31.9 Å². The van der Waals surface area contributed by atoms with Gasteiger partial charge in [0.2, 0.25) is 23.8 Å². The lowest BCUT2D eigenvalue weighted by Crippen LogP contribution is -2.19. The maximum atomic E-state index is 13.8. The highest BCUT2D eigenvalue weighted by molar-refractivity contribution is 6.67. The molecular weight excluding hydrogens is 795 g/mol. The van der Waals surface area contributed by atoms with Gasteiger partial charge in [-0.2, -0.15) is 14.6 Å². The number of rotatable bonds is 8. The molecule has 0 bridgehead atoms. The molecule has 0 aliphatic carbocycles. The maximum absolute atomic E-state index is 13.8. The number of nitrogens with one attached hydrogen (secondary N) is 3. The van der Waals surface area contributed by atoms with Crippen molar-refractivity contribution in [1.82, 2.24) is 59.5 Å². The zero-order chi connectivity index (χ0) is 40.5. The molecule has 0 saturated heterocycles. The molecule has 8 rings (SSSR count). The Hall–Kier alpha value is -8.08. The second-order valence-electron chi connectivity index (χ2n) is 11.1. The van der Waals surface area contributed by atoms with Gasteiger partial charge in [0.15, 0.2) is 0 Å². The van der Waals surface area contributed by atoms with E-state index in [0.717, 1.165) is 53.5 Å². The zero-order valence-electron chi connectivity index (χ0n) is 29.1. The molecule has 0 saturated carbocycles. The molecule has 0 fully saturated rings. The van der Waals surface area contributed by atoms with Crippen molar-refractivity contribution >= 4 is 57.9 Å². The zero-order valence-corrected chi connectivity index (χ0v) is 29.8. The average molecular weight is 821 g/mol. The van der Waals surface area contributed by atoms with Crippen LogP contribution in [0.2, 0.25) is 0 Å². The number of aromatic amines is 1. The summed E-state index contributed by atoms with van der Waals surface area (Å²) in [6, 6.07) is 21.0. The lowest BCUT2D eigenvalue weighted by molar-refractivity contribution is 0.0939. The van der Waals surface area contributed by atoms with E-state index in [0.29, 0.717) is 16.3 Å². The summed E-state index contributed by atoms with van der Waals surface area (Å²) in [6.45, 7) is 0. The van der Waals surface area contributed by atoms with Crippen LogP contribution in [0.5, 0.6) is 0 Å². The molecule has 0 atom stereocenters. The fourth-order valence-electron chi connectivity index (χ4n) is 4.71. The third-order valence-electron chi connectivity index (χ3n) is 7.34. The number of benzene rings is 4. The molecule has 0 radical (unpaired) electrons. The number of anilines is 6. The highest BCUT2D eigenvalue weighted by atomic mass is 35.5. The van der Waals surface area contributed by atoms with Crippen LogP contribution in [0, 0.1) is 23.3 Å². The van der Waals surface area contributed by atoms with Crippen molar-refractivity contribution in [2.24, 2.45) is 0 Å². The number of hydrogen-bond donors (Lipinski definition) is 5. The molecule has 4 aromatic carbocycles. The number of carbonyl (C=O) groups excluding carboxylic acids is 2. The van der Waals surface area contributed by atoms with Gasteiger partial charge in [-0.05, 0) is 84.4 Å². The topological polar surface area (TPSA) is 244 Å². The number of aromatic nitrogens is 12. The number of nitrogens with two attached hydrogens (primary N) is 2. The summed E-state index contributed by atoms with van der Waals surface area (Å²) in [4.78, 5) is 30.6. The summed E-state index contributed by atoms with van der Waals surface area (Å²) in [5.41, 5.74) is 12.9. The number of halogens is 6. The van der Waals surface area contributed by atoms with Crippen molar-refractivity contribution in [1.29, 1.82) is 0 Å². The smallest absolute Gasteiger partial charge is 0.287 e. The molecule has 296 valence electrons. The molecule has 0 aliphatic heterocycles. The molecule has 7 N–H and O–H groups in total. The Morgan fingerprint density at radius 1 is 0.621 bits per heavy atom. The van der Waals surface area contributed by atoms with E-state index in [2.05, 4.69) is 56.3 Å². The molecule has 0 unspecified atom stereocenters. The highest BCUT2D eigenvalue weighted by Crippen LogP contribution is 2.20. The minimum Gasteiger partial charge on any atom is -0.368 e. The Morgan fingerprint density at radius 2 is 1.05 bits per heavy atom. The fourth-order valence-corrected chi connectivity index (χ4v) is 4.89. The van der Waals surface area contributed by atoms with E-state index >= 15 is 0 Å². The van der Waals surface area contributed by atoms with Crippen LogP contribution in [0.1, 0.15) is 20.7 Å². The van der Waals surface area contributed by atoms with E-state index in [1.165, 1.54) is 0 Å². The van der Waals surface area contributed by atoms with Crippen LogP contribution in [0.3, 0.4) is 0 Å². The first-order chi connectivity index (χ1) is 27.5. The SMILES string of the molecule is F.Nc1nc(Nc2ccc(-n3cnnc3)cc2)n[nH]1.Nc1nc(Nc2ccc(-n3cnnc3)cc2)nn1C(=O)c1c(F)cccc1F.O=C(Cl)c1c(F)cccc1F. The minimum absolute atomic E-state index is 0. The van der Waals surface area contributed by atoms with E-state index < -0.39 is 45.5 Å². The van der Waals surface area contributed by atoms with Crippen molar-refractivity contribution in [3.8, 4) is 11.4 Å². The van der Waals surface area contributed by atoms with Gasteiger partial charge in [-0.15, -0.1) is 30.6 Å². The largest absolute Gasteiger partial charge is 0.368 e. The Bertz CT molecular complexity index is 2560. The fraction of sp³-hybridized carbons (Fsp3) is 0. The monoisotopic (exact) mass is 820 g/mol. The lowest BCUT2D eigenvalue weighted by Gasteiger charge is -2.05. The molecule has 58 heavy (non-hydrogen) atoms. The highest BCUT2D eigenvalue weighted by Gasteiger charge is 2.23. The molecule has 0 amide bonds. The molecule has 0 spiro atoms. The predicted octanol–water partition coefficient (Wildman–Crippen LogP) is 5.36. The molecular formula is C34H26ClF5N16O2. The van der Waals surface area contributed by atoms with Gasteiger partial charge >= 0.3 is 0 Å². The molecule has 0 aliphatic rings. The third kappa shape index (κ3) is 9.96. The Labute approximate surface area is 326 Å². The van der Waals surface area contributed by atoms with Crippen LogP contribution in [0.25, 0.3) is 11.4 Å². The quantitative estimate of drug-likeness (QED) is 0.0958. The predicted molar refractivity (Wildman–Crippen MR) is 200 cm³/mol. The van der Waals surface area contributed by atoms with Crippen LogP contribution >= 0.6 is 11.6 Å². The van der Waals surface area contributed by atoms with Crippen LogP contribution in [0.15, 0.2) is 110 Å². The maximum Gasteiger partial charge on any atom is 0.287 e. The molecule has 18 nitrogen and oxygen atoms in total. The summed E-state index contributed by atoms with van der Waals surface area (Å²) >= 11 is 4.89. The number of hydrogen-bond acceptors (Lipinski definition) is 14. The Balaban J connectivity index is 0.000000183. The van der Waals surface area contributed by atoms with Crippen LogP contribution in [-0.2, 0) is 0 Å². The van der Waals surface area contributed by atoms with Gasteiger partial charge in [0.05, 0.1) is 0 Å². The molecule has 4 heterocycles. The third-order valence-corrected chi connectivity index (χ3v) is 7.53. The number of nitrogen functional groups attached to an aromatic ring is 2. The van der Waals surface area contributed by atoms with Gasteiger partial charge in [-0.1, -0.05) is 12.1 Å². The van der Waals surface area contributed by atoms with Gasteiger partial charge in [0.25, 0.3) is 11.1 Å². The average Bonchev–Trinajstić information content (AvgIpc) is 4.03. The lowest BCUT2D eigenvalue weighted by atomic mass is 10.2. The number of nitrogens with zero attached hydrogens (tertiary/aromatic N) is 11.